The van der Waals surface area contributed by atoms with Gasteiger partial charge in [0.05, 0.1) is 30.1 Å². The van der Waals surface area contributed by atoms with Gasteiger partial charge < -0.3 is 19.5 Å². The van der Waals surface area contributed by atoms with E-state index < -0.39 is 0 Å². The van der Waals surface area contributed by atoms with Crippen LogP contribution in [0.15, 0.2) is 47.8 Å². The number of anilines is 1. The number of hydrogen-bond donors (Lipinski definition) is 1. The highest BCUT2D eigenvalue weighted by Crippen LogP contribution is 2.30. The van der Waals surface area contributed by atoms with Crippen molar-refractivity contribution in [3.63, 3.8) is 0 Å². The third-order valence-electron chi connectivity index (χ3n) is 4.34. The van der Waals surface area contributed by atoms with E-state index in [0.717, 1.165) is 23.5 Å². The smallest absolute Gasteiger partial charge is 0.255 e. The highest BCUT2D eigenvalue weighted by atomic mass is 32.1. The fourth-order valence-corrected chi connectivity index (χ4v) is 3.34. The van der Waals surface area contributed by atoms with Crippen LogP contribution in [-0.4, -0.2) is 24.6 Å². The number of hydrogen-bond acceptors (Lipinski definition) is 6. The van der Waals surface area contributed by atoms with Crippen LogP contribution in [0.4, 0.5) is 5.69 Å². The van der Waals surface area contributed by atoms with Crippen molar-refractivity contribution in [2.24, 2.45) is 0 Å². The minimum atomic E-state index is -0.251. The third kappa shape index (κ3) is 5.97. The number of nitrogens with one attached hydrogen (secondary N) is 1. The predicted octanol–water partition coefficient (Wildman–Crippen LogP) is 5.47. The normalized spacial score (nSPS) is 10.5. The second kappa shape index (κ2) is 10.6. The minimum absolute atomic E-state index is 0.251. The quantitative estimate of drug-likeness (QED) is 0.435. The van der Waals surface area contributed by atoms with E-state index in [-0.39, 0.29) is 5.91 Å². The van der Waals surface area contributed by atoms with E-state index in [1.165, 1.54) is 0 Å². The van der Waals surface area contributed by atoms with Gasteiger partial charge in [0, 0.05) is 17.0 Å². The summed E-state index contributed by atoms with van der Waals surface area (Å²) in [5.41, 5.74) is 1.93. The highest BCUT2D eigenvalue weighted by molar-refractivity contribution is 7.09. The van der Waals surface area contributed by atoms with Crippen molar-refractivity contribution in [2.75, 3.05) is 19.0 Å². The number of unbranched alkanes of at least 4 members (excludes halogenated alkanes) is 1. The molecule has 0 saturated heterocycles. The van der Waals surface area contributed by atoms with Crippen molar-refractivity contribution in [1.29, 1.82) is 0 Å². The second-order valence-corrected chi connectivity index (χ2v) is 7.75. The molecule has 3 aromatic rings. The molecule has 0 spiro atoms. The number of aromatic nitrogens is 1. The van der Waals surface area contributed by atoms with Gasteiger partial charge >= 0.3 is 0 Å². The van der Waals surface area contributed by atoms with E-state index in [2.05, 4.69) is 17.2 Å². The zero-order valence-electron chi connectivity index (χ0n) is 17.4. The number of carbonyl (C=O) groups is 1. The predicted molar refractivity (Wildman–Crippen MR) is 119 cm³/mol. The topological polar surface area (TPSA) is 69.7 Å². The van der Waals surface area contributed by atoms with Crippen molar-refractivity contribution in [1.82, 2.24) is 4.98 Å². The Morgan fingerprint density at radius 1 is 1.13 bits per heavy atom. The van der Waals surface area contributed by atoms with E-state index in [9.17, 15) is 4.79 Å². The minimum Gasteiger partial charge on any atom is -0.497 e. The van der Waals surface area contributed by atoms with Crippen LogP contribution in [-0.2, 0) is 6.61 Å². The Balaban J connectivity index is 1.70. The molecule has 0 atom stereocenters. The van der Waals surface area contributed by atoms with Gasteiger partial charge in [-0.2, -0.15) is 0 Å². The lowest BCUT2D eigenvalue weighted by atomic mass is 10.2. The van der Waals surface area contributed by atoms with Crippen molar-refractivity contribution in [3.05, 3.63) is 64.1 Å². The van der Waals surface area contributed by atoms with Crippen molar-refractivity contribution in [3.8, 4) is 17.2 Å². The highest BCUT2D eigenvalue weighted by Gasteiger charge is 2.13. The fourth-order valence-electron chi connectivity index (χ4n) is 2.74. The summed E-state index contributed by atoms with van der Waals surface area (Å²) < 4.78 is 16.9. The first kappa shape index (κ1) is 21.6. The van der Waals surface area contributed by atoms with Crippen LogP contribution in [0, 0.1) is 6.92 Å². The van der Waals surface area contributed by atoms with Gasteiger partial charge in [-0.15, -0.1) is 11.3 Å². The molecule has 1 N–H and O–H groups in total. The largest absolute Gasteiger partial charge is 0.497 e. The van der Waals surface area contributed by atoms with Crippen molar-refractivity contribution < 1.29 is 19.0 Å². The summed E-state index contributed by atoms with van der Waals surface area (Å²) in [5, 5.41) is 5.89. The van der Waals surface area contributed by atoms with E-state index in [0.29, 0.717) is 41.7 Å². The molecule has 0 fully saturated rings. The lowest BCUT2D eigenvalue weighted by molar-refractivity contribution is 0.102. The summed E-state index contributed by atoms with van der Waals surface area (Å²) in [5.74, 6) is 1.62. The second-order valence-electron chi connectivity index (χ2n) is 6.69. The fraction of sp³-hybridized carbons (Fsp3) is 0.304. The lowest BCUT2D eigenvalue weighted by Gasteiger charge is -2.14. The molecule has 0 aliphatic rings. The SMILES string of the molecule is CCCCOc1ccc(OC)cc1NC(=O)c1cccc(OCc2csc(C)n2)c1. The lowest BCUT2D eigenvalue weighted by Crippen LogP contribution is -2.13. The molecular formula is C23H26N2O4S. The molecule has 0 unspecified atom stereocenters. The average Bonchev–Trinajstić information content (AvgIpc) is 3.18. The molecule has 1 amide bonds. The molecule has 2 aromatic carbocycles. The number of ether oxygens (including phenoxy) is 3. The molecule has 6 nitrogen and oxygen atoms in total. The Hall–Kier alpha value is -3.06. The molecule has 0 aliphatic heterocycles. The molecule has 0 aliphatic carbocycles. The molecule has 0 bridgehead atoms. The van der Waals surface area contributed by atoms with Gasteiger partial charge in [0.15, 0.2) is 0 Å². The first-order chi connectivity index (χ1) is 14.6. The van der Waals surface area contributed by atoms with Crippen LogP contribution in [0.3, 0.4) is 0 Å². The molecule has 0 radical (unpaired) electrons. The summed E-state index contributed by atoms with van der Waals surface area (Å²) in [6.07, 6.45) is 1.97. The number of amides is 1. The number of methoxy groups -OCH3 is 1. The van der Waals surface area contributed by atoms with Crippen LogP contribution in [0.1, 0.15) is 40.8 Å². The van der Waals surface area contributed by atoms with Crippen LogP contribution in [0.25, 0.3) is 0 Å². The van der Waals surface area contributed by atoms with Gasteiger partial charge in [0.1, 0.15) is 23.9 Å². The van der Waals surface area contributed by atoms with Gasteiger partial charge in [-0.05, 0) is 43.7 Å². The summed E-state index contributed by atoms with van der Waals surface area (Å²) in [6, 6.07) is 12.4. The van der Waals surface area contributed by atoms with Crippen LogP contribution < -0.4 is 19.5 Å². The number of rotatable bonds is 10. The van der Waals surface area contributed by atoms with Crippen LogP contribution in [0.2, 0.25) is 0 Å². The van der Waals surface area contributed by atoms with Crippen molar-refractivity contribution in [2.45, 2.75) is 33.3 Å². The van der Waals surface area contributed by atoms with Gasteiger partial charge in [-0.1, -0.05) is 19.4 Å². The number of nitrogens with zero attached hydrogens (tertiary/aromatic N) is 1. The molecule has 1 aromatic heterocycles. The Bertz CT molecular complexity index is 987. The van der Waals surface area contributed by atoms with E-state index >= 15 is 0 Å². The standard InChI is InChI=1S/C23H26N2O4S/c1-4-5-11-28-22-10-9-19(27-3)13-21(22)25-23(26)17-7-6-8-20(12-17)29-14-18-15-30-16(2)24-18/h6-10,12-13,15H,4-5,11,14H2,1-3H3,(H,25,26). The molecule has 3 rings (SSSR count). The van der Waals surface area contributed by atoms with E-state index in [1.54, 1.807) is 48.8 Å². The van der Waals surface area contributed by atoms with Gasteiger partial charge in [0.25, 0.3) is 5.91 Å². The molecule has 158 valence electrons. The Morgan fingerprint density at radius 3 is 2.73 bits per heavy atom. The van der Waals surface area contributed by atoms with E-state index in [4.69, 9.17) is 14.2 Å². The maximum atomic E-state index is 12.9. The number of benzene rings is 2. The molecule has 0 saturated carbocycles. The maximum Gasteiger partial charge on any atom is 0.255 e. The summed E-state index contributed by atoms with van der Waals surface area (Å²) in [7, 11) is 1.59. The Kier molecular flexibility index (Phi) is 7.68. The zero-order valence-corrected chi connectivity index (χ0v) is 18.3. The zero-order chi connectivity index (χ0) is 21.3. The monoisotopic (exact) mass is 426 g/mol. The Labute approximate surface area is 180 Å². The van der Waals surface area contributed by atoms with E-state index in [1.807, 2.05) is 24.4 Å². The van der Waals surface area contributed by atoms with Crippen LogP contribution in [0.5, 0.6) is 17.2 Å². The van der Waals surface area contributed by atoms with Gasteiger partial charge in [-0.3, -0.25) is 4.79 Å². The molecular weight excluding hydrogens is 400 g/mol. The van der Waals surface area contributed by atoms with Gasteiger partial charge in [-0.25, -0.2) is 4.98 Å². The molecule has 7 heteroatoms. The summed E-state index contributed by atoms with van der Waals surface area (Å²) >= 11 is 1.58. The Morgan fingerprint density at radius 2 is 2.00 bits per heavy atom. The van der Waals surface area contributed by atoms with Crippen LogP contribution >= 0.6 is 11.3 Å². The first-order valence-electron chi connectivity index (χ1n) is 9.85. The maximum absolute atomic E-state index is 12.9. The number of aryl methyl sites for hydroxylation is 1. The van der Waals surface area contributed by atoms with Crippen molar-refractivity contribution >= 4 is 22.9 Å². The molecule has 30 heavy (non-hydrogen) atoms. The number of carbonyl (C=O) groups excluding carboxylic acids is 1. The third-order valence-corrected chi connectivity index (χ3v) is 5.16. The summed E-state index contributed by atoms with van der Waals surface area (Å²) in [4.78, 5) is 17.2. The average molecular weight is 427 g/mol. The number of thiazole rings is 1. The summed E-state index contributed by atoms with van der Waals surface area (Å²) in [6.45, 7) is 5.01. The van der Waals surface area contributed by atoms with Gasteiger partial charge in [0.2, 0.25) is 0 Å². The first-order valence-corrected chi connectivity index (χ1v) is 10.7. The molecule has 1 heterocycles.